The average molecular weight is 182 g/mol. The van der Waals surface area contributed by atoms with Crippen LogP contribution in [0.25, 0.3) is 0 Å². The summed E-state index contributed by atoms with van der Waals surface area (Å²) in [6.45, 7) is 0.381. The molecule has 0 fully saturated rings. The molecule has 6 heteroatoms. The minimum atomic E-state index is -0.391. The van der Waals surface area contributed by atoms with Crippen molar-refractivity contribution in [2.75, 3.05) is 11.9 Å². The highest BCUT2D eigenvalue weighted by Crippen LogP contribution is 1.93. The Bertz CT molecular complexity index is 346. The number of aromatic amines is 1. The number of H-pyrrole nitrogens is 1. The second kappa shape index (κ2) is 4.24. The number of primary amides is 1. The molecule has 0 unspecified atom stereocenters. The van der Waals surface area contributed by atoms with Crippen LogP contribution in [-0.4, -0.2) is 22.4 Å². The Kier molecular flexibility index (Phi) is 3.02. The highest BCUT2D eigenvalue weighted by molar-refractivity contribution is 5.74. The summed E-state index contributed by atoms with van der Waals surface area (Å²) in [7, 11) is 0. The first-order chi connectivity index (χ1) is 6.18. The standard InChI is InChI=1S/C7H10N4O2/c8-5(12)1-2-9-6-3-7(13)11-4-10-6/h3-4H,1-2H2,(H2,8,12)(H2,9,10,11,13). The van der Waals surface area contributed by atoms with Crippen LogP contribution in [0.15, 0.2) is 17.2 Å². The summed E-state index contributed by atoms with van der Waals surface area (Å²) in [6, 6.07) is 1.31. The Morgan fingerprint density at radius 2 is 2.46 bits per heavy atom. The van der Waals surface area contributed by atoms with Crippen molar-refractivity contribution < 1.29 is 4.79 Å². The molecular weight excluding hydrogens is 172 g/mol. The van der Waals surface area contributed by atoms with Gasteiger partial charge >= 0.3 is 0 Å². The Balaban J connectivity index is 2.45. The first-order valence-corrected chi connectivity index (χ1v) is 3.75. The van der Waals surface area contributed by atoms with E-state index in [1.54, 1.807) is 0 Å². The number of aromatic nitrogens is 2. The average Bonchev–Trinajstić information content (AvgIpc) is 2.03. The molecule has 1 heterocycles. The lowest BCUT2D eigenvalue weighted by molar-refractivity contribution is -0.117. The maximum absolute atomic E-state index is 10.8. The Morgan fingerprint density at radius 3 is 3.08 bits per heavy atom. The van der Waals surface area contributed by atoms with Gasteiger partial charge in [0.05, 0.1) is 6.33 Å². The molecule has 0 aliphatic carbocycles. The third kappa shape index (κ3) is 3.37. The normalized spacial score (nSPS) is 9.54. The lowest BCUT2D eigenvalue weighted by atomic mass is 10.4. The predicted octanol–water partition coefficient (Wildman–Crippen LogP) is -0.943. The molecule has 70 valence electrons. The lowest BCUT2D eigenvalue weighted by Gasteiger charge is -2.01. The van der Waals surface area contributed by atoms with E-state index in [1.165, 1.54) is 12.4 Å². The molecule has 1 amide bonds. The Hall–Kier alpha value is -1.85. The van der Waals surface area contributed by atoms with E-state index in [2.05, 4.69) is 15.3 Å². The molecule has 0 radical (unpaired) electrons. The molecule has 0 aromatic carbocycles. The first kappa shape index (κ1) is 9.24. The second-order valence-corrected chi connectivity index (χ2v) is 2.44. The van der Waals surface area contributed by atoms with Crippen LogP contribution in [0.4, 0.5) is 5.82 Å². The van der Waals surface area contributed by atoms with E-state index in [9.17, 15) is 9.59 Å². The minimum Gasteiger partial charge on any atom is -0.370 e. The summed E-state index contributed by atoms with van der Waals surface area (Å²) in [5, 5.41) is 2.78. The van der Waals surface area contributed by atoms with E-state index in [-0.39, 0.29) is 12.0 Å². The number of anilines is 1. The quantitative estimate of drug-likeness (QED) is 0.559. The van der Waals surface area contributed by atoms with Crippen molar-refractivity contribution in [3.8, 4) is 0 Å². The van der Waals surface area contributed by atoms with Crippen LogP contribution >= 0.6 is 0 Å². The molecule has 1 aromatic rings. The maximum atomic E-state index is 10.8. The smallest absolute Gasteiger partial charge is 0.252 e. The SMILES string of the molecule is NC(=O)CCNc1cc(=O)[nH]cn1. The summed E-state index contributed by atoms with van der Waals surface area (Å²) in [6.07, 6.45) is 1.50. The van der Waals surface area contributed by atoms with Gasteiger partial charge in [-0.1, -0.05) is 0 Å². The van der Waals surface area contributed by atoms with Crippen LogP contribution in [0.5, 0.6) is 0 Å². The number of hydrogen-bond acceptors (Lipinski definition) is 4. The van der Waals surface area contributed by atoms with Gasteiger partial charge < -0.3 is 16.0 Å². The fourth-order valence-corrected chi connectivity index (χ4v) is 0.779. The molecule has 1 rings (SSSR count). The summed E-state index contributed by atoms with van der Waals surface area (Å²) in [5.74, 6) is 0.0438. The van der Waals surface area contributed by atoms with Crippen molar-refractivity contribution in [2.45, 2.75) is 6.42 Å². The highest BCUT2D eigenvalue weighted by Gasteiger charge is 1.95. The van der Waals surface area contributed by atoms with E-state index in [1.807, 2.05) is 0 Å². The zero-order chi connectivity index (χ0) is 9.68. The number of amides is 1. The molecule has 13 heavy (non-hydrogen) atoms. The molecule has 1 aromatic heterocycles. The van der Waals surface area contributed by atoms with Gasteiger partial charge in [0.2, 0.25) is 5.91 Å². The second-order valence-electron chi connectivity index (χ2n) is 2.44. The summed E-state index contributed by atoms with van der Waals surface area (Å²) < 4.78 is 0. The minimum absolute atomic E-state index is 0.217. The molecule has 0 saturated carbocycles. The van der Waals surface area contributed by atoms with Crippen LogP contribution in [0, 0.1) is 0 Å². The number of nitrogens with one attached hydrogen (secondary N) is 2. The monoisotopic (exact) mass is 182 g/mol. The third-order valence-corrected chi connectivity index (χ3v) is 1.36. The van der Waals surface area contributed by atoms with Crippen molar-refractivity contribution in [1.82, 2.24) is 9.97 Å². The molecule has 0 saturated heterocycles. The van der Waals surface area contributed by atoms with Gasteiger partial charge in [0.25, 0.3) is 5.56 Å². The van der Waals surface area contributed by atoms with Gasteiger partial charge in [-0.25, -0.2) is 4.98 Å². The number of nitrogens with zero attached hydrogens (tertiary/aromatic N) is 1. The summed E-state index contributed by atoms with van der Waals surface area (Å²) in [5.41, 5.74) is 4.68. The fourth-order valence-electron chi connectivity index (χ4n) is 0.779. The first-order valence-electron chi connectivity index (χ1n) is 3.75. The molecule has 0 bridgehead atoms. The van der Waals surface area contributed by atoms with Crippen molar-refractivity contribution in [3.63, 3.8) is 0 Å². The number of carbonyl (C=O) groups is 1. The number of hydrogen-bond donors (Lipinski definition) is 3. The topological polar surface area (TPSA) is 101 Å². The van der Waals surface area contributed by atoms with Gasteiger partial charge in [-0.15, -0.1) is 0 Å². The van der Waals surface area contributed by atoms with Crippen molar-refractivity contribution in [1.29, 1.82) is 0 Å². The van der Waals surface area contributed by atoms with Gasteiger partial charge in [0, 0.05) is 19.0 Å². The van der Waals surface area contributed by atoms with Crippen molar-refractivity contribution >= 4 is 11.7 Å². The zero-order valence-corrected chi connectivity index (χ0v) is 6.91. The van der Waals surface area contributed by atoms with Crippen molar-refractivity contribution in [2.24, 2.45) is 5.73 Å². The molecule has 0 aliphatic rings. The van der Waals surface area contributed by atoms with Crippen molar-refractivity contribution in [3.05, 3.63) is 22.7 Å². The molecule has 0 aliphatic heterocycles. The third-order valence-electron chi connectivity index (χ3n) is 1.36. The molecule has 4 N–H and O–H groups in total. The van der Waals surface area contributed by atoms with Crippen LogP contribution in [-0.2, 0) is 4.79 Å². The highest BCUT2D eigenvalue weighted by atomic mass is 16.1. The van der Waals surface area contributed by atoms with E-state index in [0.29, 0.717) is 12.4 Å². The van der Waals surface area contributed by atoms with E-state index >= 15 is 0 Å². The van der Waals surface area contributed by atoms with E-state index in [0.717, 1.165) is 0 Å². The van der Waals surface area contributed by atoms with E-state index in [4.69, 9.17) is 5.73 Å². The van der Waals surface area contributed by atoms with Crippen LogP contribution in [0.3, 0.4) is 0 Å². The molecule has 6 nitrogen and oxygen atoms in total. The number of carbonyl (C=O) groups excluding carboxylic acids is 1. The van der Waals surface area contributed by atoms with Crippen LogP contribution < -0.4 is 16.6 Å². The zero-order valence-electron chi connectivity index (χ0n) is 6.91. The Labute approximate surface area is 74.2 Å². The Morgan fingerprint density at radius 1 is 1.69 bits per heavy atom. The predicted molar refractivity (Wildman–Crippen MR) is 47.2 cm³/mol. The molecular formula is C7H10N4O2. The molecule has 0 spiro atoms. The summed E-state index contributed by atoms with van der Waals surface area (Å²) in [4.78, 5) is 27.3. The van der Waals surface area contributed by atoms with Crippen LogP contribution in [0.1, 0.15) is 6.42 Å². The van der Waals surface area contributed by atoms with Gasteiger partial charge in [0.15, 0.2) is 0 Å². The number of nitrogens with two attached hydrogens (primary N) is 1. The van der Waals surface area contributed by atoms with Gasteiger partial charge in [0.1, 0.15) is 5.82 Å². The van der Waals surface area contributed by atoms with E-state index < -0.39 is 5.91 Å². The van der Waals surface area contributed by atoms with Gasteiger partial charge in [-0.05, 0) is 0 Å². The molecule has 0 atom stereocenters. The largest absolute Gasteiger partial charge is 0.370 e. The number of rotatable bonds is 4. The lowest BCUT2D eigenvalue weighted by Crippen LogP contribution is -2.17. The van der Waals surface area contributed by atoms with Gasteiger partial charge in [-0.3, -0.25) is 9.59 Å². The summed E-state index contributed by atoms with van der Waals surface area (Å²) >= 11 is 0. The van der Waals surface area contributed by atoms with Gasteiger partial charge in [-0.2, -0.15) is 0 Å². The van der Waals surface area contributed by atoms with Crippen LogP contribution in [0.2, 0.25) is 0 Å². The fraction of sp³-hybridized carbons (Fsp3) is 0.286. The maximum Gasteiger partial charge on any atom is 0.252 e.